The molecular formula is C8H13ClN2O2. The number of ketones is 1. The molecule has 1 aliphatic heterocycles. The molecule has 13 heavy (non-hydrogen) atoms. The highest BCUT2D eigenvalue weighted by Gasteiger charge is 2.32. The number of hydrogen-bond acceptors (Lipinski definition) is 3. The average molecular weight is 205 g/mol. The molecule has 0 unspecified atom stereocenters. The molecule has 1 saturated heterocycles. The zero-order valence-electron chi connectivity index (χ0n) is 7.33. The Morgan fingerprint density at radius 3 is 2.77 bits per heavy atom. The first-order valence-electron chi connectivity index (χ1n) is 4.29. The minimum Gasteiger partial charge on any atom is -0.332 e. The molecule has 0 spiro atoms. The number of rotatable bonds is 3. The maximum atomic E-state index is 11.3. The third-order valence-corrected chi connectivity index (χ3v) is 2.51. The van der Waals surface area contributed by atoms with Crippen molar-refractivity contribution in [3.8, 4) is 0 Å². The first-order valence-corrected chi connectivity index (χ1v) is 4.82. The van der Waals surface area contributed by atoms with Crippen molar-refractivity contribution in [1.29, 1.82) is 0 Å². The van der Waals surface area contributed by atoms with Gasteiger partial charge in [0.25, 0.3) is 0 Å². The number of carbonyl (C=O) groups is 2. The highest BCUT2D eigenvalue weighted by Crippen LogP contribution is 2.18. The van der Waals surface area contributed by atoms with Crippen molar-refractivity contribution in [3.63, 3.8) is 0 Å². The second-order valence-corrected chi connectivity index (χ2v) is 3.32. The van der Waals surface area contributed by atoms with Crippen molar-refractivity contribution in [1.82, 2.24) is 4.90 Å². The van der Waals surface area contributed by atoms with Gasteiger partial charge in [0.05, 0.1) is 18.5 Å². The van der Waals surface area contributed by atoms with Crippen LogP contribution in [0.5, 0.6) is 0 Å². The Morgan fingerprint density at radius 2 is 2.23 bits per heavy atom. The Kier molecular flexibility index (Phi) is 3.69. The van der Waals surface area contributed by atoms with E-state index in [-0.39, 0.29) is 30.2 Å². The lowest BCUT2D eigenvalue weighted by molar-refractivity contribution is -0.135. The molecular weight excluding hydrogens is 192 g/mol. The van der Waals surface area contributed by atoms with Crippen LogP contribution >= 0.6 is 11.6 Å². The van der Waals surface area contributed by atoms with E-state index in [9.17, 15) is 9.59 Å². The summed E-state index contributed by atoms with van der Waals surface area (Å²) in [5.41, 5.74) is 5.22. The third-order valence-electron chi connectivity index (χ3n) is 2.25. The van der Waals surface area contributed by atoms with E-state index in [4.69, 9.17) is 17.3 Å². The van der Waals surface area contributed by atoms with E-state index in [0.717, 1.165) is 12.8 Å². The molecule has 0 aromatic carbocycles. The van der Waals surface area contributed by atoms with Crippen LogP contribution in [0.3, 0.4) is 0 Å². The number of carbonyl (C=O) groups excluding carboxylic acids is 2. The Morgan fingerprint density at radius 1 is 1.54 bits per heavy atom. The summed E-state index contributed by atoms with van der Waals surface area (Å²) in [6.45, 7) is 0.593. The average Bonchev–Trinajstić information content (AvgIpc) is 2.63. The summed E-state index contributed by atoms with van der Waals surface area (Å²) in [7, 11) is 0. The Balaban J connectivity index is 2.63. The van der Waals surface area contributed by atoms with Crippen molar-refractivity contribution in [2.45, 2.75) is 18.9 Å². The lowest BCUT2D eigenvalue weighted by Gasteiger charge is -2.22. The summed E-state index contributed by atoms with van der Waals surface area (Å²) in [6, 6.07) is -0.325. The van der Waals surface area contributed by atoms with E-state index in [0.29, 0.717) is 6.54 Å². The summed E-state index contributed by atoms with van der Waals surface area (Å²) >= 11 is 5.43. The van der Waals surface area contributed by atoms with Gasteiger partial charge in [0, 0.05) is 6.54 Å². The number of hydrogen-bond donors (Lipinski definition) is 1. The SMILES string of the molecule is NCC(=O)N1CCC[C@H]1C(=O)CCl. The highest BCUT2D eigenvalue weighted by molar-refractivity contribution is 6.28. The van der Waals surface area contributed by atoms with E-state index in [1.165, 1.54) is 4.90 Å². The van der Waals surface area contributed by atoms with Crippen molar-refractivity contribution in [2.24, 2.45) is 5.73 Å². The van der Waals surface area contributed by atoms with Crippen LogP contribution in [0.1, 0.15) is 12.8 Å². The molecule has 1 heterocycles. The molecule has 1 fully saturated rings. The quantitative estimate of drug-likeness (QED) is 0.645. The third kappa shape index (κ3) is 2.19. The van der Waals surface area contributed by atoms with E-state index in [1.807, 2.05) is 0 Å². The molecule has 1 atom stereocenters. The Hall–Kier alpha value is -0.610. The molecule has 0 aromatic rings. The number of Topliss-reactive ketones (excluding diaryl/α,β-unsaturated/α-hetero) is 1. The monoisotopic (exact) mass is 204 g/mol. The molecule has 0 saturated carbocycles. The van der Waals surface area contributed by atoms with E-state index < -0.39 is 0 Å². The van der Waals surface area contributed by atoms with Gasteiger partial charge in [-0.1, -0.05) is 0 Å². The van der Waals surface area contributed by atoms with Crippen LogP contribution in [0, 0.1) is 0 Å². The van der Waals surface area contributed by atoms with Gasteiger partial charge in [-0.3, -0.25) is 9.59 Å². The van der Waals surface area contributed by atoms with E-state index in [1.54, 1.807) is 0 Å². The molecule has 0 aromatic heterocycles. The number of likely N-dealkylation sites (tertiary alicyclic amines) is 1. The van der Waals surface area contributed by atoms with Crippen LogP contribution < -0.4 is 5.73 Å². The molecule has 74 valence electrons. The number of halogens is 1. The second-order valence-electron chi connectivity index (χ2n) is 3.05. The van der Waals surface area contributed by atoms with Crippen LogP contribution in [0.2, 0.25) is 0 Å². The fourth-order valence-corrected chi connectivity index (χ4v) is 1.78. The van der Waals surface area contributed by atoms with Crippen molar-refractivity contribution in [3.05, 3.63) is 0 Å². The second kappa shape index (κ2) is 4.58. The topological polar surface area (TPSA) is 63.4 Å². The molecule has 0 radical (unpaired) electrons. The van der Waals surface area contributed by atoms with Gasteiger partial charge in [0.1, 0.15) is 0 Å². The van der Waals surface area contributed by atoms with Crippen LogP contribution in [0.25, 0.3) is 0 Å². The number of amides is 1. The van der Waals surface area contributed by atoms with Crippen molar-refractivity contribution >= 4 is 23.3 Å². The van der Waals surface area contributed by atoms with Gasteiger partial charge < -0.3 is 10.6 Å². The maximum absolute atomic E-state index is 11.3. The maximum Gasteiger partial charge on any atom is 0.236 e. The zero-order chi connectivity index (χ0) is 9.84. The largest absolute Gasteiger partial charge is 0.332 e. The standard InChI is InChI=1S/C8H13ClN2O2/c9-4-7(12)6-2-1-3-11(6)8(13)5-10/h6H,1-5,10H2/t6-/m0/s1. The fourth-order valence-electron chi connectivity index (χ4n) is 1.61. The summed E-state index contributed by atoms with van der Waals surface area (Å²) in [5, 5.41) is 0. The zero-order valence-corrected chi connectivity index (χ0v) is 8.09. The Labute approximate surface area is 82.0 Å². The highest BCUT2D eigenvalue weighted by atomic mass is 35.5. The Bertz CT molecular complexity index is 198. The van der Waals surface area contributed by atoms with Gasteiger partial charge in [-0.25, -0.2) is 0 Å². The number of nitrogens with two attached hydrogens (primary N) is 1. The van der Waals surface area contributed by atoms with Crippen LogP contribution in [-0.4, -0.2) is 41.6 Å². The van der Waals surface area contributed by atoms with Gasteiger partial charge in [-0.15, -0.1) is 11.6 Å². The summed E-state index contributed by atoms with van der Waals surface area (Å²) in [4.78, 5) is 24.1. The summed E-state index contributed by atoms with van der Waals surface area (Å²) < 4.78 is 0. The van der Waals surface area contributed by atoms with Gasteiger partial charge in [0.2, 0.25) is 5.91 Å². The lowest BCUT2D eigenvalue weighted by Crippen LogP contribution is -2.43. The van der Waals surface area contributed by atoms with Gasteiger partial charge in [-0.2, -0.15) is 0 Å². The molecule has 2 N–H and O–H groups in total. The molecule has 0 bridgehead atoms. The van der Waals surface area contributed by atoms with Gasteiger partial charge in [-0.05, 0) is 12.8 Å². The van der Waals surface area contributed by atoms with E-state index >= 15 is 0 Å². The van der Waals surface area contributed by atoms with Crippen molar-refractivity contribution in [2.75, 3.05) is 19.0 Å². The number of nitrogens with zero attached hydrogens (tertiary/aromatic N) is 1. The first kappa shape index (κ1) is 10.5. The predicted octanol–water partition coefficient (Wildman–Crippen LogP) is -0.256. The minimum atomic E-state index is -0.325. The molecule has 0 aliphatic carbocycles. The smallest absolute Gasteiger partial charge is 0.236 e. The van der Waals surface area contributed by atoms with Crippen LogP contribution in [0.15, 0.2) is 0 Å². The van der Waals surface area contributed by atoms with Crippen LogP contribution in [0.4, 0.5) is 0 Å². The van der Waals surface area contributed by atoms with Gasteiger partial charge >= 0.3 is 0 Å². The lowest BCUT2D eigenvalue weighted by atomic mass is 10.1. The van der Waals surface area contributed by atoms with Crippen LogP contribution in [-0.2, 0) is 9.59 Å². The first-order chi connectivity index (χ1) is 6.20. The molecule has 4 nitrogen and oxygen atoms in total. The minimum absolute atomic E-state index is 0.0288. The molecule has 5 heteroatoms. The summed E-state index contributed by atoms with van der Waals surface area (Å²) in [6.07, 6.45) is 1.58. The summed E-state index contributed by atoms with van der Waals surface area (Å²) in [5.74, 6) is -0.277. The predicted molar refractivity (Wildman–Crippen MR) is 49.5 cm³/mol. The van der Waals surface area contributed by atoms with Crippen molar-refractivity contribution < 1.29 is 9.59 Å². The normalized spacial score (nSPS) is 22.0. The van der Waals surface area contributed by atoms with E-state index in [2.05, 4.69) is 0 Å². The fraction of sp³-hybridized carbons (Fsp3) is 0.750. The molecule has 1 amide bonds. The van der Waals surface area contributed by atoms with Gasteiger partial charge in [0.15, 0.2) is 5.78 Å². The molecule has 1 rings (SSSR count). The molecule has 1 aliphatic rings. The number of alkyl halides is 1.